The SMILES string of the molecule is COc1ccc(C2CC(C(=O)N3CCN(S(=O)(=O)c4ccc(Cl)cc4)CC3)NN2)cc1. The average Bonchev–Trinajstić information content (AvgIpc) is 3.29. The van der Waals surface area contributed by atoms with E-state index in [1.807, 2.05) is 24.3 Å². The highest BCUT2D eigenvalue weighted by atomic mass is 35.5. The highest BCUT2D eigenvalue weighted by Gasteiger charge is 2.36. The number of hydrogen-bond acceptors (Lipinski definition) is 6. The van der Waals surface area contributed by atoms with Gasteiger partial charge in [-0.25, -0.2) is 19.3 Å². The molecule has 8 nitrogen and oxygen atoms in total. The predicted molar refractivity (Wildman–Crippen MR) is 117 cm³/mol. The summed E-state index contributed by atoms with van der Waals surface area (Å²) in [6, 6.07) is 13.5. The summed E-state index contributed by atoms with van der Waals surface area (Å²) in [5.41, 5.74) is 7.34. The molecule has 4 rings (SSSR count). The lowest BCUT2D eigenvalue weighted by Gasteiger charge is -2.35. The third-order valence-electron chi connectivity index (χ3n) is 5.72. The summed E-state index contributed by atoms with van der Waals surface area (Å²) in [4.78, 5) is 14.9. The van der Waals surface area contributed by atoms with Crippen LogP contribution < -0.4 is 15.6 Å². The van der Waals surface area contributed by atoms with Crippen LogP contribution in [0.1, 0.15) is 18.0 Å². The largest absolute Gasteiger partial charge is 0.497 e. The first kappa shape index (κ1) is 22.0. The van der Waals surface area contributed by atoms with Gasteiger partial charge in [0.15, 0.2) is 0 Å². The highest BCUT2D eigenvalue weighted by molar-refractivity contribution is 7.89. The number of amides is 1. The molecule has 0 aromatic heterocycles. The van der Waals surface area contributed by atoms with Crippen LogP contribution in [0.3, 0.4) is 0 Å². The van der Waals surface area contributed by atoms with Crippen molar-refractivity contribution < 1.29 is 17.9 Å². The van der Waals surface area contributed by atoms with Gasteiger partial charge in [-0.1, -0.05) is 23.7 Å². The van der Waals surface area contributed by atoms with Crippen LogP contribution in [0.25, 0.3) is 0 Å². The maximum atomic E-state index is 13.0. The Kier molecular flexibility index (Phi) is 6.49. The maximum absolute atomic E-state index is 13.0. The first-order valence-electron chi connectivity index (χ1n) is 10.1. The van der Waals surface area contributed by atoms with Crippen LogP contribution in [-0.4, -0.2) is 62.9 Å². The molecule has 2 atom stereocenters. The quantitative estimate of drug-likeness (QED) is 0.701. The van der Waals surface area contributed by atoms with Gasteiger partial charge in [0.25, 0.3) is 0 Å². The van der Waals surface area contributed by atoms with Gasteiger partial charge in [-0.05, 0) is 48.4 Å². The molecule has 0 aliphatic carbocycles. The number of hydrogen-bond donors (Lipinski definition) is 2. The molecular weight excluding hydrogens is 440 g/mol. The molecule has 31 heavy (non-hydrogen) atoms. The van der Waals surface area contributed by atoms with E-state index in [0.29, 0.717) is 24.5 Å². The van der Waals surface area contributed by atoms with Crippen molar-refractivity contribution in [2.45, 2.75) is 23.4 Å². The lowest BCUT2D eigenvalue weighted by Crippen LogP contribution is -2.54. The van der Waals surface area contributed by atoms with Crippen molar-refractivity contribution in [2.75, 3.05) is 33.3 Å². The zero-order chi connectivity index (χ0) is 22.0. The second kappa shape index (κ2) is 9.13. The number of methoxy groups -OCH3 is 1. The number of carbonyl (C=O) groups excluding carboxylic acids is 1. The van der Waals surface area contributed by atoms with Crippen molar-refractivity contribution >= 4 is 27.5 Å². The second-order valence-electron chi connectivity index (χ2n) is 7.59. The van der Waals surface area contributed by atoms with Crippen LogP contribution in [0.5, 0.6) is 5.75 Å². The molecule has 2 saturated heterocycles. The van der Waals surface area contributed by atoms with Crippen LogP contribution in [0, 0.1) is 0 Å². The summed E-state index contributed by atoms with van der Waals surface area (Å²) in [5, 5.41) is 0.486. The van der Waals surface area contributed by atoms with Gasteiger partial charge in [0, 0.05) is 37.2 Å². The Bertz CT molecular complexity index is 1020. The monoisotopic (exact) mass is 464 g/mol. The molecule has 0 radical (unpaired) electrons. The summed E-state index contributed by atoms with van der Waals surface area (Å²) in [6.45, 7) is 1.24. The van der Waals surface area contributed by atoms with E-state index >= 15 is 0 Å². The number of carbonyl (C=O) groups is 1. The number of nitrogens with one attached hydrogen (secondary N) is 2. The summed E-state index contributed by atoms with van der Waals surface area (Å²) in [6.07, 6.45) is 0.619. The number of ether oxygens (including phenoxy) is 1. The molecule has 2 N–H and O–H groups in total. The first-order chi connectivity index (χ1) is 14.9. The molecule has 0 bridgehead atoms. The van der Waals surface area contributed by atoms with Gasteiger partial charge in [0.2, 0.25) is 15.9 Å². The number of piperazine rings is 1. The Hall–Kier alpha value is -2.17. The van der Waals surface area contributed by atoms with Gasteiger partial charge in [-0.15, -0.1) is 0 Å². The number of halogens is 1. The molecule has 1 amide bonds. The zero-order valence-corrected chi connectivity index (χ0v) is 18.7. The molecule has 0 saturated carbocycles. The Labute approximate surface area is 187 Å². The Morgan fingerprint density at radius 2 is 1.65 bits per heavy atom. The van der Waals surface area contributed by atoms with Crippen molar-refractivity contribution in [1.29, 1.82) is 0 Å². The van der Waals surface area contributed by atoms with Crippen LogP contribution in [-0.2, 0) is 14.8 Å². The summed E-state index contributed by atoms with van der Waals surface area (Å²) >= 11 is 5.86. The number of rotatable bonds is 5. The van der Waals surface area contributed by atoms with E-state index in [1.165, 1.54) is 16.4 Å². The number of hydrazine groups is 1. The molecule has 2 aromatic carbocycles. The van der Waals surface area contributed by atoms with Gasteiger partial charge in [-0.3, -0.25) is 4.79 Å². The molecule has 2 aliphatic heterocycles. The maximum Gasteiger partial charge on any atom is 0.243 e. The lowest BCUT2D eigenvalue weighted by molar-refractivity contribution is -0.134. The third kappa shape index (κ3) is 4.70. The minimum atomic E-state index is -3.60. The molecule has 10 heteroatoms. The second-order valence-corrected chi connectivity index (χ2v) is 9.96. The van der Waals surface area contributed by atoms with Gasteiger partial charge >= 0.3 is 0 Å². The molecule has 2 aromatic rings. The smallest absolute Gasteiger partial charge is 0.243 e. The molecular formula is C21H25ClN4O4S. The number of nitrogens with zero attached hydrogens (tertiary/aromatic N) is 2. The van der Waals surface area contributed by atoms with E-state index in [-0.39, 0.29) is 36.0 Å². The highest BCUT2D eigenvalue weighted by Crippen LogP contribution is 2.26. The fourth-order valence-corrected chi connectivity index (χ4v) is 5.45. The minimum absolute atomic E-state index is 0.0198. The van der Waals surface area contributed by atoms with Crippen molar-refractivity contribution in [3.8, 4) is 5.75 Å². The summed E-state index contributed by atoms with van der Waals surface area (Å²) in [5.74, 6) is 0.765. The summed E-state index contributed by atoms with van der Waals surface area (Å²) < 4.78 is 32.3. The molecule has 2 fully saturated rings. The van der Waals surface area contributed by atoms with Gasteiger partial charge < -0.3 is 9.64 Å². The van der Waals surface area contributed by atoms with Crippen molar-refractivity contribution in [1.82, 2.24) is 20.1 Å². The van der Waals surface area contributed by atoms with Gasteiger partial charge in [0.05, 0.1) is 12.0 Å². The van der Waals surface area contributed by atoms with Crippen molar-refractivity contribution in [3.05, 3.63) is 59.1 Å². The Morgan fingerprint density at radius 1 is 1.00 bits per heavy atom. The molecule has 2 heterocycles. The minimum Gasteiger partial charge on any atom is -0.497 e. The van der Waals surface area contributed by atoms with Crippen LogP contribution in [0.4, 0.5) is 0 Å². The topological polar surface area (TPSA) is 91.0 Å². The molecule has 2 aliphatic rings. The van der Waals surface area contributed by atoms with E-state index in [9.17, 15) is 13.2 Å². The molecule has 2 unspecified atom stereocenters. The van der Waals surface area contributed by atoms with E-state index in [2.05, 4.69) is 10.9 Å². The third-order valence-corrected chi connectivity index (χ3v) is 7.89. The van der Waals surface area contributed by atoms with E-state index in [0.717, 1.165) is 11.3 Å². The van der Waals surface area contributed by atoms with E-state index < -0.39 is 10.0 Å². The fraction of sp³-hybridized carbons (Fsp3) is 0.381. The lowest BCUT2D eigenvalue weighted by atomic mass is 10.0. The first-order valence-corrected chi connectivity index (χ1v) is 11.9. The van der Waals surface area contributed by atoms with Crippen LogP contribution in [0.2, 0.25) is 5.02 Å². The van der Waals surface area contributed by atoms with Crippen LogP contribution in [0.15, 0.2) is 53.4 Å². The predicted octanol–water partition coefficient (Wildman–Crippen LogP) is 1.79. The number of benzene rings is 2. The van der Waals surface area contributed by atoms with E-state index in [1.54, 1.807) is 24.1 Å². The Morgan fingerprint density at radius 3 is 2.26 bits per heavy atom. The Balaban J connectivity index is 1.33. The normalized spacial score (nSPS) is 22.5. The zero-order valence-electron chi connectivity index (χ0n) is 17.1. The van der Waals surface area contributed by atoms with Gasteiger partial charge in [0.1, 0.15) is 11.8 Å². The average molecular weight is 465 g/mol. The van der Waals surface area contributed by atoms with Crippen molar-refractivity contribution in [3.63, 3.8) is 0 Å². The fourth-order valence-electron chi connectivity index (χ4n) is 3.90. The standard InChI is InChI=1S/C21H25ClN4O4S/c1-30-17-6-2-15(3-7-17)19-14-20(24-23-19)21(27)25-10-12-26(13-11-25)31(28,29)18-8-4-16(22)5-9-18/h2-9,19-20,23-24H,10-14H2,1H3. The van der Waals surface area contributed by atoms with Crippen molar-refractivity contribution in [2.24, 2.45) is 0 Å². The summed E-state index contributed by atoms with van der Waals surface area (Å²) in [7, 11) is -1.97. The van der Waals surface area contributed by atoms with E-state index in [4.69, 9.17) is 16.3 Å². The number of sulfonamides is 1. The molecule has 0 spiro atoms. The van der Waals surface area contributed by atoms with Crippen LogP contribution >= 0.6 is 11.6 Å². The molecule has 166 valence electrons. The van der Waals surface area contributed by atoms with Gasteiger partial charge in [-0.2, -0.15) is 4.31 Å².